The van der Waals surface area contributed by atoms with Crippen molar-refractivity contribution in [1.29, 1.82) is 0 Å². The molecule has 1 saturated carbocycles. The van der Waals surface area contributed by atoms with Crippen LogP contribution >= 0.6 is 0 Å². The van der Waals surface area contributed by atoms with Crippen molar-refractivity contribution in [3.63, 3.8) is 0 Å². The van der Waals surface area contributed by atoms with Crippen LogP contribution in [0.5, 0.6) is 0 Å². The highest BCUT2D eigenvalue weighted by molar-refractivity contribution is 5.80. The minimum absolute atomic E-state index is 0.587. The second kappa shape index (κ2) is 8.19. The summed E-state index contributed by atoms with van der Waals surface area (Å²) in [7, 11) is 2.01. The van der Waals surface area contributed by atoms with Gasteiger partial charge in [-0.3, -0.25) is 0 Å². The lowest BCUT2D eigenvalue weighted by Crippen LogP contribution is -2.44. The number of nitrogens with zero attached hydrogens (tertiary/aromatic N) is 5. The molecule has 1 aliphatic carbocycles. The van der Waals surface area contributed by atoms with E-state index >= 15 is 0 Å². The lowest BCUT2D eigenvalue weighted by molar-refractivity contribution is 0.399. The van der Waals surface area contributed by atoms with Crippen LogP contribution in [0.25, 0.3) is 0 Å². The predicted molar refractivity (Wildman–Crippen MR) is 101 cm³/mol. The van der Waals surface area contributed by atoms with E-state index in [-0.39, 0.29) is 0 Å². The van der Waals surface area contributed by atoms with Gasteiger partial charge in [-0.05, 0) is 44.4 Å². The summed E-state index contributed by atoms with van der Waals surface area (Å²) < 4.78 is 2.03. The van der Waals surface area contributed by atoms with E-state index in [0.29, 0.717) is 12.6 Å². The summed E-state index contributed by atoms with van der Waals surface area (Å²) in [4.78, 5) is 7.40. The van der Waals surface area contributed by atoms with E-state index in [0.717, 1.165) is 42.5 Å². The quantitative estimate of drug-likeness (QED) is 0.658. The van der Waals surface area contributed by atoms with Crippen LogP contribution < -0.4 is 5.32 Å². The first-order valence-electron chi connectivity index (χ1n) is 9.93. The van der Waals surface area contributed by atoms with Gasteiger partial charge in [0.2, 0.25) is 0 Å². The molecule has 0 amide bonds. The number of aromatic nitrogens is 3. The van der Waals surface area contributed by atoms with Crippen molar-refractivity contribution < 1.29 is 0 Å². The van der Waals surface area contributed by atoms with Gasteiger partial charge >= 0.3 is 0 Å². The number of aliphatic imine (C=N–C) groups is 1. The van der Waals surface area contributed by atoms with Gasteiger partial charge in [-0.25, -0.2) is 4.99 Å². The first-order valence-corrected chi connectivity index (χ1v) is 9.93. The second-order valence-electron chi connectivity index (χ2n) is 8.22. The van der Waals surface area contributed by atoms with E-state index in [1.807, 2.05) is 18.5 Å². The van der Waals surface area contributed by atoms with Crippen molar-refractivity contribution in [2.45, 2.75) is 71.9 Å². The van der Waals surface area contributed by atoms with Gasteiger partial charge in [-0.15, -0.1) is 10.2 Å². The molecule has 1 unspecified atom stereocenters. The van der Waals surface area contributed by atoms with Crippen LogP contribution in [-0.4, -0.2) is 44.8 Å². The van der Waals surface area contributed by atoms with Gasteiger partial charge in [-0.2, -0.15) is 0 Å². The molecule has 0 radical (unpaired) electrons. The molecule has 0 aromatic carbocycles. The Hall–Kier alpha value is -1.59. The lowest BCUT2D eigenvalue weighted by Gasteiger charge is -2.25. The van der Waals surface area contributed by atoms with Crippen molar-refractivity contribution in [1.82, 2.24) is 25.0 Å². The van der Waals surface area contributed by atoms with Gasteiger partial charge in [0, 0.05) is 26.2 Å². The van der Waals surface area contributed by atoms with Crippen molar-refractivity contribution in [3.8, 4) is 0 Å². The fourth-order valence-corrected chi connectivity index (χ4v) is 4.11. The number of guanidine groups is 1. The van der Waals surface area contributed by atoms with Gasteiger partial charge < -0.3 is 14.8 Å². The molecule has 25 heavy (non-hydrogen) atoms. The highest BCUT2D eigenvalue weighted by atomic mass is 15.3. The Bertz CT molecular complexity index is 585. The average molecular weight is 347 g/mol. The normalized spacial score (nSPS) is 22.4. The van der Waals surface area contributed by atoms with Crippen molar-refractivity contribution in [2.24, 2.45) is 23.9 Å². The third kappa shape index (κ3) is 4.73. The van der Waals surface area contributed by atoms with E-state index in [1.165, 1.54) is 38.5 Å². The van der Waals surface area contributed by atoms with E-state index < -0.39 is 0 Å². The number of nitrogens with one attached hydrogen (secondary N) is 1. The molecule has 140 valence electrons. The zero-order valence-corrected chi connectivity index (χ0v) is 16.3. The minimum Gasteiger partial charge on any atom is -0.353 e. The molecule has 0 spiro atoms. The van der Waals surface area contributed by atoms with Crippen molar-refractivity contribution in [3.05, 3.63) is 11.6 Å². The van der Waals surface area contributed by atoms with Crippen LogP contribution in [0.15, 0.2) is 4.99 Å². The molecule has 1 N–H and O–H groups in total. The highest BCUT2D eigenvalue weighted by Gasteiger charge is 2.27. The lowest BCUT2D eigenvalue weighted by atomic mass is 9.97. The number of hydrogen-bond donors (Lipinski definition) is 1. The Morgan fingerprint density at radius 2 is 2.00 bits per heavy atom. The standard InChI is InChI=1S/C19H34N6/c1-14(2)11-16-9-10-25(13-16)19(21-17-7-5-6-8-17)20-12-18-23-22-15(3)24(18)4/h14,16-17H,5-13H2,1-4H3,(H,20,21). The summed E-state index contributed by atoms with van der Waals surface area (Å²) in [5.74, 6) is 4.52. The SMILES string of the molecule is Cc1nnc(CN=C(NC2CCCC2)N2CCC(CC(C)C)C2)n1C. The van der Waals surface area contributed by atoms with Crippen LogP contribution in [0.3, 0.4) is 0 Å². The first kappa shape index (κ1) is 18.2. The van der Waals surface area contributed by atoms with Gasteiger partial charge in [0.1, 0.15) is 12.4 Å². The maximum atomic E-state index is 4.94. The average Bonchev–Trinajstić information content (AvgIpc) is 3.29. The van der Waals surface area contributed by atoms with Crippen LogP contribution in [0.4, 0.5) is 0 Å². The second-order valence-corrected chi connectivity index (χ2v) is 8.22. The number of rotatable bonds is 5. The molecule has 2 fully saturated rings. The maximum absolute atomic E-state index is 4.94. The highest BCUT2D eigenvalue weighted by Crippen LogP contribution is 2.24. The largest absolute Gasteiger partial charge is 0.353 e. The van der Waals surface area contributed by atoms with Crippen molar-refractivity contribution in [2.75, 3.05) is 13.1 Å². The maximum Gasteiger partial charge on any atom is 0.194 e. The molecular formula is C19H34N6. The smallest absolute Gasteiger partial charge is 0.194 e. The molecule has 1 aliphatic heterocycles. The number of aryl methyl sites for hydroxylation is 1. The van der Waals surface area contributed by atoms with E-state index in [2.05, 4.69) is 34.3 Å². The molecule has 3 rings (SSSR count). The van der Waals surface area contributed by atoms with Gasteiger partial charge in [0.15, 0.2) is 11.8 Å². The third-order valence-electron chi connectivity index (χ3n) is 5.63. The Kier molecular flexibility index (Phi) is 5.97. The summed E-state index contributed by atoms with van der Waals surface area (Å²) in [5.41, 5.74) is 0. The first-order chi connectivity index (χ1) is 12.0. The Balaban J connectivity index is 1.68. The van der Waals surface area contributed by atoms with Crippen LogP contribution in [0.2, 0.25) is 0 Å². The number of hydrogen-bond acceptors (Lipinski definition) is 3. The third-order valence-corrected chi connectivity index (χ3v) is 5.63. The van der Waals surface area contributed by atoms with Crippen LogP contribution in [0, 0.1) is 18.8 Å². The summed E-state index contributed by atoms with van der Waals surface area (Å²) in [5, 5.41) is 12.2. The molecule has 1 aromatic heterocycles. The Labute approximate surface area is 152 Å². The molecule has 6 nitrogen and oxygen atoms in total. The molecule has 2 aliphatic rings. The van der Waals surface area contributed by atoms with Crippen LogP contribution in [0.1, 0.15) is 64.0 Å². The van der Waals surface area contributed by atoms with E-state index in [9.17, 15) is 0 Å². The monoisotopic (exact) mass is 346 g/mol. The summed E-state index contributed by atoms with van der Waals surface area (Å²) in [6.07, 6.45) is 7.81. The molecule has 1 saturated heterocycles. The molecular weight excluding hydrogens is 312 g/mol. The van der Waals surface area contributed by atoms with Gasteiger partial charge in [-0.1, -0.05) is 26.7 Å². The fourth-order valence-electron chi connectivity index (χ4n) is 4.11. The Morgan fingerprint density at radius 1 is 1.24 bits per heavy atom. The summed E-state index contributed by atoms with van der Waals surface area (Å²) in [6, 6.07) is 0.587. The predicted octanol–water partition coefficient (Wildman–Crippen LogP) is 2.88. The zero-order valence-electron chi connectivity index (χ0n) is 16.3. The minimum atomic E-state index is 0.587. The van der Waals surface area contributed by atoms with Crippen LogP contribution in [-0.2, 0) is 13.6 Å². The molecule has 2 heterocycles. The molecule has 1 atom stereocenters. The topological polar surface area (TPSA) is 58.3 Å². The summed E-state index contributed by atoms with van der Waals surface area (Å²) in [6.45, 7) is 9.48. The molecule has 0 bridgehead atoms. The fraction of sp³-hybridized carbons (Fsp3) is 0.842. The number of likely N-dealkylation sites (tertiary alicyclic amines) is 1. The van der Waals surface area contributed by atoms with Crippen molar-refractivity contribution >= 4 is 5.96 Å². The van der Waals surface area contributed by atoms with E-state index in [4.69, 9.17) is 4.99 Å². The molecule has 1 aromatic rings. The van der Waals surface area contributed by atoms with Gasteiger partial charge in [0.25, 0.3) is 0 Å². The summed E-state index contributed by atoms with van der Waals surface area (Å²) >= 11 is 0. The van der Waals surface area contributed by atoms with E-state index in [1.54, 1.807) is 0 Å². The van der Waals surface area contributed by atoms with Gasteiger partial charge in [0.05, 0.1) is 0 Å². The Morgan fingerprint density at radius 3 is 2.64 bits per heavy atom. The molecule has 6 heteroatoms. The zero-order chi connectivity index (χ0) is 17.8.